The molecule has 0 aliphatic carbocycles. The molecule has 108 valence electrons. The first-order valence-electron chi connectivity index (χ1n) is 6.22. The smallest absolute Gasteiger partial charge is 0.320 e. The van der Waals surface area contributed by atoms with Gasteiger partial charge >= 0.3 is 6.03 Å². The second-order valence-corrected chi connectivity index (χ2v) is 4.82. The van der Waals surface area contributed by atoms with Gasteiger partial charge in [0.15, 0.2) is 5.82 Å². The maximum atomic E-state index is 11.7. The number of hydrogen-bond acceptors (Lipinski definition) is 5. The van der Waals surface area contributed by atoms with E-state index in [-0.39, 0.29) is 6.03 Å². The van der Waals surface area contributed by atoms with Gasteiger partial charge in [-0.3, -0.25) is 10.00 Å². The molecule has 0 radical (unpaired) electrons. The van der Waals surface area contributed by atoms with Crippen LogP contribution in [-0.2, 0) is 17.8 Å². The van der Waals surface area contributed by atoms with Crippen molar-refractivity contribution in [2.75, 3.05) is 19.0 Å². The number of carbonyl (C=O) groups is 1. The summed E-state index contributed by atoms with van der Waals surface area (Å²) < 4.78 is 6.75. The van der Waals surface area contributed by atoms with Crippen LogP contribution in [-0.4, -0.2) is 34.5 Å². The van der Waals surface area contributed by atoms with Crippen LogP contribution in [0.3, 0.4) is 0 Å². The van der Waals surface area contributed by atoms with Crippen molar-refractivity contribution < 1.29 is 9.53 Å². The van der Waals surface area contributed by atoms with Crippen molar-refractivity contribution in [3.05, 3.63) is 28.8 Å². The second-order valence-electron chi connectivity index (χ2n) is 4.10. The number of nitrogens with zero attached hydrogens (tertiary/aromatic N) is 3. The molecule has 2 rings (SSSR count). The molecule has 0 spiro atoms. The fourth-order valence-electron chi connectivity index (χ4n) is 1.58. The standard InChI is InChI=1S/C12H17N5O2S/c1-19-6-2-4-17-5-3-11(16-17)15-12(18)13-7-10-8-20-9-14-10/h3,5,8-9H,2,4,6-7H2,1H3,(H2,13,15,16,18). The summed E-state index contributed by atoms with van der Waals surface area (Å²) in [4.78, 5) is 15.7. The molecule has 2 amide bonds. The highest BCUT2D eigenvalue weighted by Gasteiger charge is 2.05. The molecule has 2 N–H and O–H groups in total. The van der Waals surface area contributed by atoms with Crippen molar-refractivity contribution in [2.24, 2.45) is 0 Å². The molecular weight excluding hydrogens is 278 g/mol. The highest BCUT2D eigenvalue weighted by molar-refractivity contribution is 7.07. The van der Waals surface area contributed by atoms with Crippen molar-refractivity contribution in [2.45, 2.75) is 19.5 Å². The number of ether oxygens (including phenoxy) is 1. The van der Waals surface area contributed by atoms with Gasteiger partial charge in [0.2, 0.25) is 0 Å². The molecule has 0 aliphatic rings. The van der Waals surface area contributed by atoms with E-state index in [0.717, 1.165) is 18.7 Å². The van der Waals surface area contributed by atoms with Gasteiger partial charge in [0.05, 0.1) is 17.7 Å². The van der Waals surface area contributed by atoms with E-state index >= 15 is 0 Å². The van der Waals surface area contributed by atoms with Gasteiger partial charge < -0.3 is 10.1 Å². The van der Waals surface area contributed by atoms with E-state index in [1.54, 1.807) is 23.4 Å². The minimum Gasteiger partial charge on any atom is -0.385 e. The first kappa shape index (κ1) is 14.5. The number of aryl methyl sites for hydroxylation is 1. The fourth-order valence-corrected chi connectivity index (χ4v) is 2.14. The summed E-state index contributed by atoms with van der Waals surface area (Å²) in [6.45, 7) is 1.86. The Bertz CT molecular complexity index is 526. The van der Waals surface area contributed by atoms with Crippen LogP contribution >= 0.6 is 11.3 Å². The Balaban J connectivity index is 1.73. The number of nitrogens with one attached hydrogen (secondary N) is 2. The molecule has 2 heterocycles. The average Bonchev–Trinajstić information content (AvgIpc) is 3.08. The summed E-state index contributed by atoms with van der Waals surface area (Å²) >= 11 is 1.50. The largest absolute Gasteiger partial charge is 0.385 e. The normalized spacial score (nSPS) is 10.4. The summed E-state index contributed by atoms with van der Waals surface area (Å²) in [6, 6.07) is 1.47. The van der Waals surface area contributed by atoms with Crippen LogP contribution in [0.15, 0.2) is 23.2 Å². The van der Waals surface area contributed by atoms with Crippen molar-refractivity contribution in [3.63, 3.8) is 0 Å². The molecule has 7 nitrogen and oxygen atoms in total. The van der Waals surface area contributed by atoms with Gasteiger partial charge in [-0.25, -0.2) is 9.78 Å². The Kier molecular flexibility index (Phi) is 5.51. The zero-order valence-corrected chi connectivity index (χ0v) is 12.0. The minimum absolute atomic E-state index is 0.292. The van der Waals surface area contributed by atoms with Gasteiger partial charge in [-0.1, -0.05) is 0 Å². The number of carbonyl (C=O) groups excluding carboxylic acids is 1. The number of methoxy groups -OCH3 is 1. The Labute approximate surface area is 121 Å². The van der Waals surface area contributed by atoms with Crippen LogP contribution in [0, 0.1) is 0 Å². The van der Waals surface area contributed by atoms with Crippen molar-refractivity contribution in [1.82, 2.24) is 20.1 Å². The van der Waals surface area contributed by atoms with Crippen LogP contribution < -0.4 is 10.6 Å². The number of urea groups is 1. The molecule has 0 saturated heterocycles. The zero-order valence-electron chi connectivity index (χ0n) is 11.2. The lowest BCUT2D eigenvalue weighted by atomic mass is 10.4. The quantitative estimate of drug-likeness (QED) is 0.762. The number of anilines is 1. The molecule has 2 aromatic heterocycles. The molecule has 0 fully saturated rings. The van der Waals surface area contributed by atoms with Crippen LogP contribution in [0.4, 0.5) is 10.6 Å². The van der Waals surface area contributed by atoms with Crippen molar-refractivity contribution in [1.29, 1.82) is 0 Å². The third-order valence-electron chi connectivity index (χ3n) is 2.53. The molecule has 2 aromatic rings. The lowest BCUT2D eigenvalue weighted by molar-refractivity contribution is 0.189. The van der Waals surface area contributed by atoms with Crippen LogP contribution in [0.5, 0.6) is 0 Å². The van der Waals surface area contributed by atoms with Gasteiger partial charge in [-0.15, -0.1) is 11.3 Å². The molecule has 8 heteroatoms. The van der Waals surface area contributed by atoms with Gasteiger partial charge in [-0.05, 0) is 6.42 Å². The Morgan fingerprint density at radius 1 is 1.55 bits per heavy atom. The second kappa shape index (κ2) is 7.61. The topological polar surface area (TPSA) is 81.1 Å². The summed E-state index contributed by atoms with van der Waals surface area (Å²) in [7, 11) is 1.67. The number of amides is 2. The van der Waals surface area contributed by atoms with Crippen LogP contribution in [0.25, 0.3) is 0 Å². The van der Waals surface area contributed by atoms with E-state index in [1.165, 1.54) is 11.3 Å². The van der Waals surface area contributed by atoms with E-state index in [9.17, 15) is 4.79 Å². The van der Waals surface area contributed by atoms with E-state index < -0.39 is 0 Å². The molecule has 0 bridgehead atoms. The van der Waals surface area contributed by atoms with Gasteiger partial charge in [-0.2, -0.15) is 5.10 Å². The third-order valence-corrected chi connectivity index (χ3v) is 3.17. The van der Waals surface area contributed by atoms with Gasteiger partial charge in [0, 0.05) is 37.9 Å². The van der Waals surface area contributed by atoms with Crippen molar-refractivity contribution in [3.8, 4) is 0 Å². The zero-order chi connectivity index (χ0) is 14.2. The van der Waals surface area contributed by atoms with E-state index in [1.807, 2.05) is 11.6 Å². The fraction of sp³-hybridized carbons (Fsp3) is 0.417. The summed E-state index contributed by atoms with van der Waals surface area (Å²) in [6.07, 6.45) is 2.71. The lowest BCUT2D eigenvalue weighted by Gasteiger charge is -2.04. The highest BCUT2D eigenvalue weighted by atomic mass is 32.1. The van der Waals surface area contributed by atoms with Crippen LogP contribution in [0.1, 0.15) is 12.1 Å². The molecular formula is C12H17N5O2S. The maximum absolute atomic E-state index is 11.7. The van der Waals surface area contributed by atoms with Gasteiger partial charge in [0.1, 0.15) is 0 Å². The number of hydrogen-bond donors (Lipinski definition) is 2. The van der Waals surface area contributed by atoms with Crippen molar-refractivity contribution >= 4 is 23.2 Å². The number of rotatable bonds is 7. The summed E-state index contributed by atoms with van der Waals surface area (Å²) in [5.41, 5.74) is 2.58. The molecule has 20 heavy (non-hydrogen) atoms. The molecule has 0 saturated carbocycles. The molecule has 0 aromatic carbocycles. The first-order valence-corrected chi connectivity index (χ1v) is 7.16. The SMILES string of the molecule is COCCCn1ccc(NC(=O)NCc2cscn2)n1. The number of thiazole rings is 1. The first-order chi connectivity index (χ1) is 9.78. The van der Waals surface area contributed by atoms with E-state index in [4.69, 9.17) is 4.74 Å². The summed E-state index contributed by atoms with van der Waals surface area (Å²) in [5, 5.41) is 11.5. The van der Waals surface area contributed by atoms with E-state index in [0.29, 0.717) is 19.0 Å². The maximum Gasteiger partial charge on any atom is 0.320 e. The summed E-state index contributed by atoms with van der Waals surface area (Å²) in [5.74, 6) is 0.526. The van der Waals surface area contributed by atoms with E-state index in [2.05, 4.69) is 20.7 Å². The third kappa shape index (κ3) is 4.63. The molecule has 0 aliphatic heterocycles. The Morgan fingerprint density at radius 2 is 2.45 bits per heavy atom. The Morgan fingerprint density at radius 3 is 3.20 bits per heavy atom. The predicted octanol–water partition coefficient (Wildman–Crippen LogP) is 1.70. The monoisotopic (exact) mass is 295 g/mol. The van der Waals surface area contributed by atoms with Crippen LogP contribution in [0.2, 0.25) is 0 Å². The lowest BCUT2D eigenvalue weighted by Crippen LogP contribution is -2.28. The molecule has 0 unspecified atom stereocenters. The predicted molar refractivity (Wildman–Crippen MR) is 76.7 cm³/mol. The average molecular weight is 295 g/mol. The Hall–Kier alpha value is -1.93. The minimum atomic E-state index is -0.292. The van der Waals surface area contributed by atoms with Gasteiger partial charge in [0.25, 0.3) is 0 Å². The highest BCUT2D eigenvalue weighted by Crippen LogP contribution is 2.04. The molecule has 0 atom stereocenters. The number of aromatic nitrogens is 3.